The van der Waals surface area contributed by atoms with Crippen molar-refractivity contribution < 1.29 is 4.79 Å². The van der Waals surface area contributed by atoms with Gasteiger partial charge in [0, 0.05) is 18.0 Å². The Labute approximate surface area is 174 Å². The van der Waals surface area contributed by atoms with Crippen LogP contribution < -0.4 is 11.1 Å². The number of benzene rings is 1. The second-order valence-electron chi connectivity index (χ2n) is 7.31. The van der Waals surface area contributed by atoms with E-state index in [1.807, 2.05) is 36.4 Å². The summed E-state index contributed by atoms with van der Waals surface area (Å²) in [6, 6.07) is 13.5. The Kier molecular flexibility index (Phi) is 6.21. The van der Waals surface area contributed by atoms with E-state index in [9.17, 15) is 4.79 Å². The standard InChI is InChI=1S/C21H26N6OS/c22-20-24-19(25-27(20)21(28)23-14-16-8-4-3-5-9-16)18-11-10-17(29-18)15-26-12-6-1-2-7-13-26/h3-5,8-11H,1-2,6-7,12-15H2,(H,23,28)(H2,22,24,25). The van der Waals surface area contributed by atoms with Gasteiger partial charge in [-0.1, -0.05) is 43.2 Å². The van der Waals surface area contributed by atoms with Crippen LogP contribution in [0.2, 0.25) is 0 Å². The molecule has 3 heterocycles. The number of nitrogens with one attached hydrogen (secondary N) is 1. The van der Waals surface area contributed by atoms with E-state index in [4.69, 9.17) is 5.73 Å². The number of carbonyl (C=O) groups is 1. The Balaban J connectivity index is 1.41. The van der Waals surface area contributed by atoms with Gasteiger partial charge in [-0.2, -0.15) is 4.98 Å². The van der Waals surface area contributed by atoms with Gasteiger partial charge in [-0.3, -0.25) is 4.90 Å². The first-order chi connectivity index (χ1) is 14.2. The molecular weight excluding hydrogens is 384 g/mol. The number of anilines is 1. The smallest absolute Gasteiger partial charge is 0.345 e. The van der Waals surface area contributed by atoms with Crippen LogP contribution in [-0.2, 0) is 13.1 Å². The predicted molar refractivity (Wildman–Crippen MR) is 116 cm³/mol. The molecule has 0 spiro atoms. The van der Waals surface area contributed by atoms with Gasteiger partial charge in [-0.05, 0) is 43.6 Å². The van der Waals surface area contributed by atoms with Crippen LogP contribution in [-0.4, -0.2) is 38.8 Å². The molecule has 1 aliphatic heterocycles. The average Bonchev–Trinajstić information content (AvgIpc) is 3.26. The third kappa shape index (κ3) is 5.02. The molecule has 4 rings (SSSR count). The van der Waals surface area contributed by atoms with Gasteiger partial charge in [-0.15, -0.1) is 21.1 Å². The topological polar surface area (TPSA) is 89.1 Å². The Hall–Kier alpha value is -2.71. The van der Waals surface area contributed by atoms with E-state index in [0.29, 0.717) is 12.4 Å². The molecule has 2 aromatic heterocycles. The molecule has 1 saturated heterocycles. The number of nitrogen functional groups attached to an aromatic ring is 1. The van der Waals surface area contributed by atoms with Crippen molar-refractivity contribution in [3.05, 3.63) is 52.9 Å². The van der Waals surface area contributed by atoms with Crippen LogP contribution in [0.5, 0.6) is 0 Å². The molecule has 3 N–H and O–H groups in total. The van der Waals surface area contributed by atoms with Gasteiger partial charge in [-0.25, -0.2) is 4.79 Å². The molecule has 0 saturated carbocycles. The fourth-order valence-electron chi connectivity index (χ4n) is 3.52. The first kappa shape index (κ1) is 19.6. The third-order valence-corrected chi connectivity index (χ3v) is 6.14. The van der Waals surface area contributed by atoms with Gasteiger partial charge < -0.3 is 11.1 Å². The highest BCUT2D eigenvalue weighted by atomic mass is 32.1. The van der Waals surface area contributed by atoms with Crippen LogP contribution >= 0.6 is 11.3 Å². The maximum atomic E-state index is 12.5. The number of rotatable bonds is 5. The molecule has 1 aromatic carbocycles. The Bertz CT molecular complexity index is 943. The molecule has 0 bridgehead atoms. The van der Waals surface area contributed by atoms with E-state index < -0.39 is 0 Å². The van der Waals surface area contributed by atoms with Crippen molar-refractivity contribution in [3.8, 4) is 10.7 Å². The lowest BCUT2D eigenvalue weighted by Crippen LogP contribution is -2.29. The molecule has 8 heteroatoms. The number of carbonyl (C=O) groups excluding carboxylic acids is 1. The van der Waals surface area contributed by atoms with Crippen molar-refractivity contribution in [2.45, 2.75) is 38.8 Å². The van der Waals surface area contributed by atoms with Crippen LogP contribution in [0.1, 0.15) is 36.1 Å². The van der Waals surface area contributed by atoms with Crippen molar-refractivity contribution in [2.75, 3.05) is 18.8 Å². The van der Waals surface area contributed by atoms with Crippen LogP contribution in [0.4, 0.5) is 10.7 Å². The zero-order valence-electron chi connectivity index (χ0n) is 16.4. The minimum atomic E-state index is -0.383. The fourth-order valence-corrected chi connectivity index (χ4v) is 4.50. The summed E-state index contributed by atoms with van der Waals surface area (Å²) >= 11 is 1.66. The van der Waals surface area contributed by atoms with E-state index in [1.54, 1.807) is 11.3 Å². The van der Waals surface area contributed by atoms with Crippen molar-refractivity contribution in [3.63, 3.8) is 0 Å². The maximum Gasteiger partial charge on any atom is 0.345 e. The summed E-state index contributed by atoms with van der Waals surface area (Å²) in [4.78, 5) is 21.5. The van der Waals surface area contributed by atoms with E-state index in [2.05, 4.69) is 26.4 Å². The zero-order chi connectivity index (χ0) is 20.1. The molecule has 0 aliphatic carbocycles. The Morgan fingerprint density at radius 3 is 2.59 bits per heavy atom. The number of aromatic nitrogens is 3. The molecular formula is C21H26N6OS. The quantitative estimate of drug-likeness (QED) is 0.669. The van der Waals surface area contributed by atoms with Crippen LogP contribution in [0, 0.1) is 0 Å². The summed E-state index contributed by atoms with van der Waals surface area (Å²) in [5, 5.41) is 7.16. The second kappa shape index (κ2) is 9.19. The molecule has 3 aromatic rings. The highest BCUT2D eigenvalue weighted by molar-refractivity contribution is 7.15. The van der Waals surface area contributed by atoms with Crippen LogP contribution in [0.3, 0.4) is 0 Å². The molecule has 1 aliphatic rings. The summed E-state index contributed by atoms with van der Waals surface area (Å²) in [6.07, 6.45) is 5.22. The summed E-state index contributed by atoms with van der Waals surface area (Å²) < 4.78 is 1.13. The Morgan fingerprint density at radius 2 is 1.83 bits per heavy atom. The highest BCUT2D eigenvalue weighted by Crippen LogP contribution is 2.27. The number of thiophene rings is 1. The number of likely N-dealkylation sites (tertiary alicyclic amines) is 1. The van der Waals surface area contributed by atoms with Gasteiger partial charge in [0.05, 0.1) is 4.88 Å². The maximum absolute atomic E-state index is 12.5. The van der Waals surface area contributed by atoms with Crippen molar-refractivity contribution in [1.29, 1.82) is 0 Å². The van der Waals surface area contributed by atoms with Gasteiger partial charge in [0.2, 0.25) is 5.95 Å². The van der Waals surface area contributed by atoms with Crippen molar-refractivity contribution >= 4 is 23.3 Å². The zero-order valence-corrected chi connectivity index (χ0v) is 17.2. The van der Waals surface area contributed by atoms with Gasteiger partial charge in [0.15, 0.2) is 5.82 Å². The number of hydrogen-bond acceptors (Lipinski definition) is 6. The average molecular weight is 411 g/mol. The van der Waals surface area contributed by atoms with E-state index in [-0.39, 0.29) is 12.0 Å². The molecule has 7 nitrogen and oxygen atoms in total. The summed E-state index contributed by atoms with van der Waals surface area (Å²) in [6.45, 7) is 3.69. The molecule has 0 radical (unpaired) electrons. The van der Waals surface area contributed by atoms with Crippen LogP contribution in [0.25, 0.3) is 10.7 Å². The number of amides is 1. The highest BCUT2D eigenvalue weighted by Gasteiger charge is 2.17. The molecule has 1 fully saturated rings. The molecule has 0 unspecified atom stereocenters. The molecule has 0 atom stereocenters. The van der Waals surface area contributed by atoms with Gasteiger partial charge >= 0.3 is 6.03 Å². The summed E-state index contributed by atoms with van der Waals surface area (Å²) in [5.41, 5.74) is 6.96. The number of hydrogen-bond donors (Lipinski definition) is 2. The van der Waals surface area contributed by atoms with E-state index >= 15 is 0 Å². The lowest BCUT2D eigenvalue weighted by molar-refractivity contribution is 0.239. The molecule has 152 valence electrons. The Morgan fingerprint density at radius 1 is 1.07 bits per heavy atom. The summed E-state index contributed by atoms with van der Waals surface area (Å²) in [7, 11) is 0. The lowest BCUT2D eigenvalue weighted by Gasteiger charge is -2.18. The monoisotopic (exact) mass is 410 g/mol. The van der Waals surface area contributed by atoms with E-state index in [0.717, 1.165) is 34.8 Å². The number of nitrogens with zero attached hydrogens (tertiary/aromatic N) is 4. The van der Waals surface area contributed by atoms with Crippen LogP contribution in [0.15, 0.2) is 42.5 Å². The van der Waals surface area contributed by atoms with Gasteiger partial charge in [0.1, 0.15) is 0 Å². The second-order valence-corrected chi connectivity index (χ2v) is 8.47. The molecule has 1 amide bonds. The predicted octanol–water partition coefficient (Wildman–Crippen LogP) is 3.72. The lowest BCUT2D eigenvalue weighted by atomic mass is 10.2. The fraction of sp³-hybridized carbons (Fsp3) is 0.381. The van der Waals surface area contributed by atoms with Crippen molar-refractivity contribution in [2.24, 2.45) is 0 Å². The third-order valence-electron chi connectivity index (χ3n) is 5.07. The van der Waals surface area contributed by atoms with Crippen molar-refractivity contribution in [1.82, 2.24) is 25.0 Å². The minimum Gasteiger partial charge on any atom is -0.368 e. The minimum absolute atomic E-state index is 0.0908. The van der Waals surface area contributed by atoms with E-state index in [1.165, 1.54) is 30.6 Å². The summed E-state index contributed by atoms with van der Waals surface area (Å²) in [5.74, 6) is 0.581. The van der Waals surface area contributed by atoms with Gasteiger partial charge in [0.25, 0.3) is 0 Å². The normalized spacial score (nSPS) is 15.2. The molecule has 29 heavy (non-hydrogen) atoms. The first-order valence-electron chi connectivity index (χ1n) is 10.0. The SMILES string of the molecule is Nc1nc(-c2ccc(CN3CCCCCC3)s2)nn1C(=O)NCc1ccccc1. The first-order valence-corrected chi connectivity index (χ1v) is 10.9. The number of nitrogens with two attached hydrogens (primary N) is 1. The largest absolute Gasteiger partial charge is 0.368 e.